The van der Waals surface area contributed by atoms with E-state index in [1.807, 2.05) is 0 Å². The molecule has 1 aliphatic rings. The Hall–Kier alpha value is -1.36. The number of carbonyl (C=O) groups excluding carboxylic acids is 2. The van der Waals surface area contributed by atoms with Gasteiger partial charge in [-0.25, -0.2) is 4.79 Å². The molecule has 0 saturated carbocycles. The Balaban J connectivity index is 2.14. The number of rotatable bonds is 2. The molecule has 1 saturated heterocycles. The summed E-state index contributed by atoms with van der Waals surface area (Å²) < 4.78 is 9.54. The maximum atomic E-state index is 11.2. The minimum Gasteiger partial charge on any atom is -0.465 e. The third-order valence-corrected chi connectivity index (χ3v) is 3.25. The number of benzene rings is 1. The summed E-state index contributed by atoms with van der Waals surface area (Å²) in [4.78, 5) is 21.8. The van der Waals surface area contributed by atoms with Crippen LogP contribution in [0, 0.1) is 0 Å². The van der Waals surface area contributed by atoms with E-state index in [9.17, 15) is 9.59 Å². The summed E-state index contributed by atoms with van der Waals surface area (Å²) in [6.45, 7) is 0. The Kier molecular flexibility index (Phi) is 2.96. The maximum absolute atomic E-state index is 11.2. The fraction of sp³-hybridized carbons (Fsp3) is 0.273. The highest BCUT2D eigenvalue weighted by atomic mass is 79.9. The molecule has 1 fully saturated rings. The van der Waals surface area contributed by atoms with Crippen LogP contribution in [-0.2, 0) is 14.3 Å². The van der Waals surface area contributed by atoms with Gasteiger partial charge in [0.25, 0.3) is 0 Å². The summed E-state index contributed by atoms with van der Waals surface area (Å²) in [7, 11) is 1.33. The highest BCUT2D eigenvalue weighted by molar-refractivity contribution is 9.10. The summed E-state index contributed by atoms with van der Waals surface area (Å²) in [6.07, 6.45) is -0.265. The number of esters is 2. The molecule has 2 atom stereocenters. The summed E-state index contributed by atoms with van der Waals surface area (Å²) in [5, 5.41) is 0. The van der Waals surface area contributed by atoms with E-state index < -0.39 is 0 Å². The van der Waals surface area contributed by atoms with E-state index in [0.717, 1.165) is 5.56 Å². The molecule has 0 aromatic heterocycles. The van der Waals surface area contributed by atoms with Crippen LogP contribution in [0.1, 0.15) is 22.0 Å². The zero-order valence-electron chi connectivity index (χ0n) is 8.48. The predicted molar refractivity (Wildman–Crippen MR) is 59.3 cm³/mol. The van der Waals surface area contributed by atoms with E-state index in [4.69, 9.17) is 4.74 Å². The summed E-state index contributed by atoms with van der Waals surface area (Å²) in [6, 6.07) is 6.79. The third-order valence-electron chi connectivity index (χ3n) is 2.39. The third kappa shape index (κ3) is 1.82. The van der Waals surface area contributed by atoms with Gasteiger partial charge < -0.3 is 9.47 Å². The van der Waals surface area contributed by atoms with Crippen LogP contribution in [0.2, 0.25) is 0 Å². The molecule has 1 heterocycles. The Bertz CT molecular complexity index is 426. The standard InChI is InChI=1S/C11H9BrO4/c1-15-10(13)7-4-2-6(3-5-7)9-8(12)11(14)16-9/h2-5,8-9H,1H3/t8-,9-/m1/s1. The Morgan fingerprint density at radius 3 is 2.44 bits per heavy atom. The second kappa shape index (κ2) is 4.25. The summed E-state index contributed by atoms with van der Waals surface area (Å²) in [5.74, 6) is -0.644. The van der Waals surface area contributed by atoms with Gasteiger partial charge in [0.2, 0.25) is 0 Å². The summed E-state index contributed by atoms with van der Waals surface area (Å²) >= 11 is 3.22. The van der Waals surface area contributed by atoms with Crippen LogP contribution >= 0.6 is 15.9 Å². The Morgan fingerprint density at radius 1 is 1.38 bits per heavy atom. The molecule has 0 radical (unpaired) electrons. The predicted octanol–water partition coefficient (Wildman–Crippen LogP) is 1.83. The molecule has 1 aliphatic heterocycles. The van der Waals surface area contributed by atoms with Crippen molar-refractivity contribution in [3.63, 3.8) is 0 Å². The average Bonchev–Trinajstić information content (AvgIpc) is 2.34. The van der Waals surface area contributed by atoms with Crippen LogP contribution < -0.4 is 0 Å². The minimum atomic E-state index is -0.382. The second-order valence-electron chi connectivity index (χ2n) is 3.37. The van der Waals surface area contributed by atoms with Gasteiger partial charge in [0.1, 0.15) is 6.10 Å². The van der Waals surface area contributed by atoms with Crippen LogP contribution in [0.4, 0.5) is 0 Å². The zero-order chi connectivity index (χ0) is 11.7. The van der Waals surface area contributed by atoms with Gasteiger partial charge in [-0.2, -0.15) is 0 Å². The highest BCUT2D eigenvalue weighted by Crippen LogP contribution is 2.36. The SMILES string of the molecule is COC(=O)c1ccc([C@H]2OC(=O)[C@@H]2Br)cc1. The molecule has 0 amide bonds. The molecular formula is C11H9BrO4. The van der Waals surface area contributed by atoms with Gasteiger partial charge in [-0.15, -0.1) is 0 Å². The number of hydrogen-bond donors (Lipinski definition) is 0. The van der Waals surface area contributed by atoms with Gasteiger partial charge in [-0.1, -0.05) is 28.1 Å². The smallest absolute Gasteiger partial charge is 0.337 e. The van der Waals surface area contributed by atoms with Crippen LogP contribution in [-0.4, -0.2) is 23.9 Å². The fourth-order valence-electron chi connectivity index (χ4n) is 1.46. The van der Waals surface area contributed by atoms with Crippen molar-refractivity contribution in [1.29, 1.82) is 0 Å². The minimum absolute atomic E-state index is 0.262. The van der Waals surface area contributed by atoms with Crippen molar-refractivity contribution in [3.05, 3.63) is 35.4 Å². The zero-order valence-corrected chi connectivity index (χ0v) is 10.1. The monoisotopic (exact) mass is 284 g/mol. The second-order valence-corrected chi connectivity index (χ2v) is 4.36. The molecule has 0 N–H and O–H groups in total. The molecular weight excluding hydrogens is 276 g/mol. The lowest BCUT2D eigenvalue weighted by molar-refractivity contribution is -0.167. The van der Waals surface area contributed by atoms with E-state index in [0.29, 0.717) is 5.56 Å². The van der Waals surface area contributed by atoms with Gasteiger partial charge in [0, 0.05) is 0 Å². The number of cyclic esters (lactones) is 1. The van der Waals surface area contributed by atoms with Gasteiger partial charge in [0.05, 0.1) is 12.7 Å². The lowest BCUT2D eigenvalue weighted by Gasteiger charge is -2.31. The number of halogens is 1. The molecule has 0 aliphatic carbocycles. The fourth-order valence-corrected chi connectivity index (χ4v) is 1.99. The summed E-state index contributed by atoms with van der Waals surface area (Å²) in [5.41, 5.74) is 1.33. The van der Waals surface area contributed by atoms with Crippen molar-refractivity contribution in [3.8, 4) is 0 Å². The molecule has 0 unspecified atom stereocenters. The van der Waals surface area contributed by atoms with Gasteiger partial charge >= 0.3 is 11.9 Å². The quantitative estimate of drug-likeness (QED) is 0.614. The van der Waals surface area contributed by atoms with E-state index in [1.54, 1.807) is 24.3 Å². The van der Waals surface area contributed by atoms with Crippen LogP contribution in [0.3, 0.4) is 0 Å². The first-order chi connectivity index (χ1) is 7.63. The van der Waals surface area contributed by atoms with E-state index in [1.165, 1.54) is 7.11 Å². The lowest BCUT2D eigenvalue weighted by Crippen LogP contribution is -2.38. The van der Waals surface area contributed by atoms with Crippen molar-refractivity contribution in [2.24, 2.45) is 0 Å². The highest BCUT2D eigenvalue weighted by Gasteiger charge is 2.41. The number of ether oxygens (including phenoxy) is 2. The van der Waals surface area contributed by atoms with Crippen molar-refractivity contribution in [2.45, 2.75) is 10.9 Å². The first-order valence-corrected chi connectivity index (χ1v) is 5.58. The molecule has 4 nitrogen and oxygen atoms in total. The molecule has 16 heavy (non-hydrogen) atoms. The molecule has 0 bridgehead atoms. The van der Waals surface area contributed by atoms with E-state index >= 15 is 0 Å². The molecule has 1 aromatic carbocycles. The lowest BCUT2D eigenvalue weighted by atomic mass is 10.0. The van der Waals surface area contributed by atoms with Crippen molar-refractivity contribution in [1.82, 2.24) is 0 Å². The van der Waals surface area contributed by atoms with E-state index in [-0.39, 0.29) is 22.9 Å². The van der Waals surface area contributed by atoms with Crippen LogP contribution in [0.15, 0.2) is 24.3 Å². The van der Waals surface area contributed by atoms with Crippen LogP contribution in [0.25, 0.3) is 0 Å². The molecule has 5 heteroatoms. The van der Waals surface area contributed by atoms with Gasteiger partial charge in [-0.3, -0.25) is 4.79 Å². The first-order valence-electron chi connectivity index (χ1n) is 4.66. The van der Waals surface area contributed by atoms with Gasteiger partial charge in [-0.05, 0) is 17.7 Å². The molecule has 1 aromatic rings. The number of methoxy groups -OCH3 is 1. The van der Waals surface area contributed by atoms with Crippen molar-refractivity contribution < 1.29 is 19.1 Å². The van der Waals surface area contributed by atoms with Crippen molar-refractivity contribution in [2.75, 3.05) is 7.11 Å². The Morgan fingerprint density at radius 2 is 2.00 bits per heavy atom. The number of carbonyl (C=O) groups is 2. The molecule has 0 spiro atoms. The number of alkyl halides is 1. The number of hydrogen-bond acceptors (Lipinski definition) is 4. The molecule has 2 rings (SSSR count). The normalized spacial score (nSPS) is 23.2. The molecule has 84 valence electrons. The Labute approximate surface area is 101 Å². The maximum Gasteiger partial charge on any atom is 0.337 e. The van der Waals surface area contributed by atoms with E-state index in [2.05, 4.69) is 20.7 Å². The van der Waals surface area contributed by atoms with Crippen molar-refractivity contribution >= 4 is 27.9 Å². The van der Waals surface area contributed by atoms with Crippen LogP contribution in [0.5, 0.6) is 0 Å². The first kappa shape index (κ1) is 11.1. The largest absolute Gasteiger partial charge is 0.465 e. The average molecular weight is 285 g/mol. The van der Waals surface area contributed by atoms with Gasteiger partial charge in [0.15, 0.2) is 4.83 Å². The topological polar surface area (TPSA) is 52.6 Å².